The fourth-order valence-corrected chi connectivity index (χ4v) is 2.24. The van der Waals surface area contributed by atoms with Gasteiger partial charge in [0.2, 0.25) is 0 Å². The lowest BCUT2D eigenvalue weighted by Crippen LogP contribution is -2.20. The van der Waals surface area contributed by atoms with E-state index in [9.17, 15) is 8.78 Å². The van der Waals surface area contributed by atoms with Crippen LogP contribution in [0.5, 0.6) is 11.5 Å². The van der Waals surface area contributed by atoms with Gasteiger partial charge in [0.25, 0.3) is 0 Å². The minimum Gasteiger partial charge on any atom is -0.494 e. The summed E-state index contributed by atoms with van der Waals surface area (Å²) >= 11 is 5.21. The van der Waals surface area contributed by atoms with Gasteiger partial charge < -0.3 is 20.1 Å². The van der Waals surface area contributed by atoms with E-state index in [1.165, 1.54) is 6.07 Å². The van der Waals surface area contributed by atoms with E-state index in [4.69, 9.17) is 17.0 Å². The van der Waals surface area contributed by atoms with Crippen molar-refractivity contribution in [3.8, 4) is 11.5 Å². The van der Waals surface area contributed by atoms with Crippen molar-refractivity contribution in [2.24, 2.45) is 0 Å². The molecule has 0 aliphatic carbocycles. The Bertz CT molecular complexity index is 693. The molecule has 0 unspecified atom stereocenters. The summed E-state index contributed by atoms with van der Waals surface area (Å²) in [5.74, 6) is 0.800. The molecule has 0 radical (unpaired) electrons. The molecule has 128 valence electrons. The van der Waals surface area contributed by atoms with Gasteiger partial charge in [0, 0.05) is 5.69 Å². The van der Waals surface area contributed by atoms with Gasteiger partial charge in [-0.15, -0.1) is 0 Å². The van der Waals surface area contributed by atoms with E-state index in [0.29, 0.717) is 12.3 Å². The van der Waals surface area contributed by atoms with Gasteiger partial charge in [0.05, 0.1) is 12.3 Å². The van der Waals surface area contributed by atoms with Crippen LogP contribution in [0, 0.1) is 6.92 Å². The average molecular weight is 352 g/mol. The van der Waals surface area contributed by atoms with Gasteiger partial charge >= 0.3 is 6.61 Å². The van der Waals surface area contributed by atoms with Crippen LogP contribution in [0.2, 0.25) is 0 Å². The lowest BCUT2D eigenvalue weighted by molar-refractivity contribution is -0.0493. The summed E-state index contributed by atoms with van der Waals surface area (Å²) in [5, 5.41) is 6.10. The molecule has 7 heteroatoms. The molecule has 0 heterocycles. The van der Waals surface area contributed by atoms with Crippen LogP contribution in [0.1, 0.15) is 12.5 Å². The van der Waals surface area contributed by atoms with Crippen LogP contribution < -0.4 is 20.1 Å². The van der Waals surface area contributed by atoms with Crippen molar-refractivity contribution >= 4 is 28.7 Å². The van der Waals surface area contributed by atoms with Gasteiger partial charge in [-0.1, -0.05) is 6.07 Å². The lowest BCUT2D eigenvalue weighted by atomic mass is 10.2. The zero-order valence-corrected chi connectivity index (χ0v) is 14.1. The Kier molecular flexibility index (Phi) is 6.31. The Morgan fingerprint density at radius 3 is 2.46 bits per heavy atom. The summed E-state index contributed by atoms with van der Waals surface area (Å²) in [5.41, 5.74) is 1.92. The van der Waals surface area contributed by atoms with Crippen LogP contribution in [0.4, 0.5) is 20.2 Å². The predicted molar refractivity (Wildman–Crippen MR) is 95.3 cm³/mol. The van der Waals surface area contributed by atoms with E-state index in [1.54, 1.807) is 19.1 Å². The molecule has 0 amide bonds. The third kappa shape index (κ3) is 5.34. The van der Waals surface area contributed by atoms with Gasteiger partial charge in [-0.25, -0.2) is 0 Å². The fraction of sp³-hybridized carbons (Fsp3) is 0.235. The van der Waals surface area contributed by atoms with E-state index in [2.05, 4.69) is 15.4 Å². The molecule has 2 rings (SSSR count). The van der Waals surface area contributed by atoms with Gasteiger partial charge in [-0.2, -0.15) is 8.78 Å². The molecule has 0 saturated carbocycles. The summed E-state index contributed by atoms with van der Waals surface area (Å²) in [6.07, 6.45) is 0. The number of ether oxygens (including phenoxy) is 2. The monoisotopic (exact) mass is 352 g/mol. The number of nitrogens with one attached hydrogen (secondary N) is 2. The number of hydrogen-bond acceptors (Lipinski definition) is 3. The number of hydrogen-bond donors (Lipinski definition) is 2. The van der Waals surface area contributed by atoms with E-state index in [1.807, 2.05) is 31.2 Å². The molecule has 24 heavy (non-hydrogen) atoms. The highest BCUT2D eigenvalue weighted by molar-refractivity contribution is 7.80. The normalized spacial score (nSPS) is 10.4. The average Bonchev–Trinajstić information content (AvgIpc) is 2.52. The first-order chi connectivity index (χ1) is 11.5. The zero-order chi connectivity index (χ0) is 17.5. The maximum absolute atomic E-state index is 12.5. The van der Waals surface area contributed by atoms with Crippen LogP contribution in [0.3, 0.4) is 0 Å². The van der Waals surface area contributed by atoms with E-state index >= 15 is 0 Å². The van der Waals surface area contributed by atoms with Crippen LogP contribution in [-0.2, 0) is 0 Å². The zero-order valence-electron chi connectivity index (χ0n) is 13.3. The van der Waals surface area contributed by atoms with E-state index < -0.39 is 6.61 Å². The minimum atomic E-state index is -2.90. The molecule has 0 saturated heterocycles. The fourth-order valence-electron chi connectivity index (χ4n) is 2.01. The number of rotatable bonds is 6. The molecule has 0 aromatic heterocycles. The number of halogens is 2. The number of aryl methyl sites for hydroxylation is 1. The predicted octanol–water partition coefficient (Wildman–Crippen LogP) is 4.80. The van der Waals surface area contributed by atoms with Gasteiger partial charge in [-0.05, 0) is 68.0 Å². The number of alkyl halides is 2. The second-order valence-corrected chi connectivity index (χ2v) is 5.32. The maximum Gasteiger partial charge on any atom is 0.387 e. The number of thiocarbonyl (C=S) groups is 1. The first kappa shape index (κ1) is 17.9. The summed E-state index contributed by atoms with van der Waals surface area (Å²) in [4.78, 5) is 0. The first-order valence-corrected chi connectivity index (χ1v) is 7.75. The quantitative estimate of drug-likeness (QED) is 0.731. The van der Waals surface area contributed by atoms with Crippen molar-refractivity contribution in [1.82, 2.24) is 0 Å². The van der Waals surface area contributed by atoms with E-state index in [0.717, 1.165) is 17.0 Å². The molecule has 0 aliphatic heterocycles. The number of benzene rings is 2. The molecule has 0 fully saturated rings. The molecule has 0 aliphatic rings. The topological polar surface area (TPSA) is 42.5 Å². The Balaban J connectivity index is 2.04. The largest absolute Gasteiger partial charge is 0.494 e. The molecule has 2 N–H and O–H groups in total. The molecule has 0 spiro atoms. The third-order valence-electron chi connectivity index (χ3n) is 3.02. The van der Waals surface area contributed by atoms with Crippen LogP contribution in [0.15, 0.2) is 42.5 Å². The van der Waals surface area contributed by atoms with Crippen LogP contribution in [0.25, 0.3) is 0 Å². The molecule has 0 bridgehead atoms. The Morgan fingerprint density at radius 1 is 1.12 bits per heavy atom. The van der Waals surface area contributed by atoms with Crippen molar-refractivity contribution in [3.63, 3.8) is 0 Å². The van der Waals surface area contributed by atoms with Crippen molar-refractivity contribution in [2.45, 2.75) is 20.5 Å². The highest BCUT2D eigenvalue weighted by Gasteiger charge is 2.11. The Hall–Kier alpha value is -2.41. The molecule has 2 aromatic rings. The molecular formula is C17H18F2N2O2S. The Morgan fingerprint density at radius 2 is 1.83 bits per heavy atom. The highest BCUT2D eigenvalue weighted by Crippen LogP contribution is 2.27. The smallest absolute Gasteiger partial charge is 0.387 e. The SMILES string of the molecule is CCOc1ccc(NC(=S)Nc2ccc(C)cc2OC(F)F)cc1. The molecule has 0 atom stereocenters. The molecule has 2 aromatic carbocycles. The molecular weight excluding hydrogens is 334 g/mol. The summed E-state index contributed by atoms with van der Waals surface area (Å²) < 4.78 is 34.9. The van der Waals surface area contributed by atoms with Gasteiger partial charge in [0.1, 0.15) is 11.5 Å². The van der Waals surface area contributed by atoms with Crippen molar-refractivity contribution < 1.29 is 18.3 Å². The summed E-state index contributed by atoms with van der Waals surface area (Å²) in [6, 6.07) is 12.2. The Labute approximate surface area is 144 Å². The van der Waals surface area contributed by atoms with Crippen molar-refractivity contribution in [1.29, 1.82) is 0 Å². The second-order valence-electron chi connectivity index (χ2n) is 4.91. The maximum atomic E-state index is 12.5. The lowest BCUT2D eigenvalue weighted by Gasteiger charge is -2.15. The molecule has 4 nitrogen and oxygen atoms in total. The second kappa shape index (κ2) is 8.44. The highest BCUT2D eigenvalue weighted by atomic mass is 32.1. The summed E-state index contributed by atoms with van der Waals surface area (Å²) in [6.45, 7) is 1.39. The van der Waals surface area contributed by atoms with E-state index in [-0.39, 0.29) is 10.9 Å². The van der Waals surface area contributed by atoms with Gasteiger partial charge in [0.15, 0.2) is 5.11 Å². The van der Waals surface area contributed by atoms with Crippen LogP contribution >= 0.6 is 12.2 Å². The first-order valence-electron chi connectivity index (χ1n) is 7.34. The standard InChI is InChI=1S/C17H18F2N2O2S/c1-3-22-13-7-5-12(6-8-13)20-17(24)21-14-9-4-11(2)10-15(14)23-16(18)19/h4-10,16H,3H2,1-2H3,(H2,20,21,24). The third-order valence-corrected chi connectivity index (χ3v) is 3.23. The van der Waals surface area contributed by atoms with Crippen molar-refractivity contribution in [2.75, 3.05) is 17.2 Å². The minimum absolute atomic E-state index is 0.0424. The van der Waals surface area contributed by atoms with Crippen molar-refractivity contribution in [3.05, 3.63) is 48.0 Å². The van der Waals surface area contributed by atoms with Gasteiger partial charge in [-0.3, -0.25) is 0 Å². The summed E-state index contributed by atoms with van der Waals surface area (Å²) in [7, 11) is 0. The number of anilines is 2. The van der Waals surface area contributed by atoms with Crippen LogP contribution in [-0.4, -0.2) is 18.3 Å².